The van der Waals surface area contributed by atoms with Crippen LogP contribution in [-0.2, 0) is 0 Å². The Morgan fingerprint density at radius 2 is 1.86 bits per heavy atom. The SMILES string of the molecule is Cc1[nH+]c(N)c(C#N)c(-c2ccco2)c1-c1ccccc1. The van der Waals surface area contributed by atoms with Crippen LogP contribution in [0.5, 0.6) is 0 Å². The number of rotatable bonds is 2. The maximum absolute atomic E-state index is 9.47. The molecule has 21 heavy (non-hydrogen) atoms. The van der Waals surface area contributed by atoms with Crippen molar-refractivity contribution in [2.75, 3.05) is 5.73 Å². The zero-order valence-corrected chi connectivity index (χ0v) is 11.6. The third-order valence-corrected chi connectivity index (χ3v) is 3.41. The molecular weight excluding hydrogens is 262 g/mol. The molecule has 0 aliphatic carbocycles. The van der Waals surface area contributed by atoms with Crippen LogP contribution in [0.3, 0.4) is 0 Å². The Kier molecular flexibility index (Phi) is 3.17. The fraction of sp³-hybridized carbons (Fsp3) is 0.0588. The quantitative estimate of drug-likeness (QED) is 0.780. The van der Waals surface area contributed by atoms with E-state index in [-0.39, 0.29) is 0 Å². The molecule has 3 N–H and O–H groups in total. The molecule has 0 aliphatic rings. The van der Waals surface area contributed by atoms with Gasteiger partial charge in [0.15, 0.2) is 5.56 Å². The summed E-state index contributed by atoms with van der Waals surface area (Å²) in [5.41, 5.74) is 9.92. The van der Waals surface area contributed by atoms with Crippen LogP contribution in [0.2, 0.25) is 0 Å². The summed E-state index contributed by atoms with van der Waals surface area (Å²) in [5.74, 6) is 0.982. The topological polar surface area (TPSA) is 77.1 Å². The van der Waals surface area contributed by atoms with Gasteiger partial charge in [-0.1, -0.05) is 30.3 Å². The van der Waals surface area contributed by atoms with Crippen LogP contribution in [0, 0.1) is 18.3 Å². The van der Waals surface area contributed by atoms with Gasteiger partial charge < -0.3 is 4.42 Å². The van der Waals surface area contributed by atoms with Crippen molar-refractivity contribution in [3.05, 3.63) is 60.0 Å². The van der Waals surface area contributed by atoms with E-state index in [0.29, 0.717) is 17.1 Å². The molecule has 4 nitrogen and oxygen atoms in total. The first-order valence-corrected chi connectivity index (χ1v) is 6.57. The summed E-state index contributed by atoms with van der Waals surface area (Å²) >= 11 is 0. The van der Waals surface area contributed by atoms with Gasteiger partial charge in [-0.3, -0.25) is 5.73 Å². The number of aryl methyl sites for hydroxylation is 1. The average molecular weight is 276 g/mol. The fourth-order valence-electron chi connectivity index (χ4n) is 2.52. The number of hydrogen-bond acceptors (Lipinski definition) is 3. The van der Waals surface area contributed by atoms with Crippen LogP contribution in [0.15, 0.2) is 53.1 Å². The number of furan rings is 1. The van der Waals surface area contributed by atoms with Crippen molar-refractivity contribution in [1.29, 1.82) is 5.26 Å². The van der Waals surface area contributed by atoms with Crippen molar-refractivity contribution in [2.24, 2.45) is 0 Å². The molecule has 102 valence electrons. The lowest BCUT2D eigenvalue weighted by atomic mass is 9.93. The highest BCUT2D eigenvalue weighted by Crippen LogP contribution is 2.37. The highest BCUT2D eigenvalue weighted by atomic mass is 16.3. The Balaban J connectivity index is 2.42. The second-order valence-corrected chi connectivity index (χ2v) is 4.74. The third-order valence-electron chi connectivity index (χ3n) is 3.41. The van der Waals surface area contributed by atoms with Crippen LogP contribution in [0.25, 0.3) is 22.5 Å². The average Bonchev–Trinajstić information content (AvgIpc) is 3.01. The van der Waals surface area contributed by atoms with Crippen LogP contribution in [0.1, 0.15) is 11.3 Å². The molecule has 0 amide bonds. The predicted molar refractivity (Wildman–Crippen MR) is 80.0 cm³/mol. The molecule has 0 saturated heterocycles. The number of nitrogen functional groups attached to an aromatic ring is 1. The molecule has 0 radical (unpaired) electrons. The van der Waals surface area contributed by atoms with E-state index in [9.17, 15) is 5.26 Å². The molecule has 0 saturated carbocycles. The number of nitrogens with two attached hydrogens (primary N) is 1. The Morgan fingerprint density at radius 3 is 2.48 bits per heavy atom. The predicted octanol–water partition coefficient (Wildman–Crippen LogP) is 3.19. The molecule has 0 spiro atoms. The lowest BCUT2D eigenvalue weighted by Crippen LogP contribution is -2.18. The van der Waals surface area contributed by atoms with Crippen molar-refractivity contribution < 1.29 is 9.40 Å². The summed E-state index contributed by atoms with van der Waals surface area (Å²) < 4.78 is 5.51. The van der Waals surface area contributed by atoms with E-state index in [1.165, 1.54) is 0 Å². The Hall–Kier alpha value is -3.06. The van der Waals surface area contributed by atoms with Crippen LogP contribution in [-0.4, -0.2) is 0 Å². The van der Waals surface area contributed by atoms with Gasteiger partial charge in [0.1, 0.15) is 17.5 Å². The molecule has 0 fully saturated rings. The van der Waals surface area contributed by atoms with Gasteiger partial charge in [0, 0.05) is 5.56 Å². The number of H-pyrrole nitrogens is 1. The Labute approximate surface area is 122 Å². The molecule has 2 heterocycles. The van der Waals surface area contributed by atoms with E-state index in [2.05, 4.69) is 11.1 Å². The van der Waals surface area contributed by atoms with Gasteiger partial charge in [0.2, 0.25) is 0 Å². The Morgan fingerprint density at radius 1 is 1.10 bits per heavy atom. The minimum absolute atomic E-state index is 0.348. The number of anilines is 1. The summed E-state index contributed by atoms with van der Waals surface area (Å²) in [5, 5.41) is 9.47. The van der Waals surface area contributed by atoms with Gasteiger partial charge in [-0.15, -0.1) is 0 Å². The second kappa shape index (κ2) is 5.14. The zero-order valence-electron chi connectivity index (χ0n) is 11.6. The number of aromatic amines is 1. The monoisotopic (exact) mass is 276 g/mol. The lowest BCUT2D eigenvalue weighted by molar-refractivity contribution is -0.369. The second-order valence-electron chi connectivity index (χ2n) is 4.74. The zero-order chi connectivity index (χ0) is 14.8. The molecule has 3 rings (SSSR count). The number of hydrogen-bond donors (Lipinski definition) is 1. The first kappa shape index (κ1) is 12.9. The molecular formula is C17H14N3O+. The molecule has 0 unspecified atom stereocenters. The van der Waals surface area contributed by atoms with Crippen molar-refractivity contribution >= 4 is 5.82 Å². The van der Waals surface area contributed by atoms with Gasteiger partial charge in [0.05, 0.1) is 11.8 Å². The number of benzene rings is 1. The van der Waals surface area contributed by atoms with Crippen LogP contribution in [0.4, 0.5) is 5.82 Å². The summed E-state index contributed by atoms with van der Waals surface area (Å²) in [6.45, 7) is 1.94. The highest BCUT2D eigenvalue weighted by Gasteiger charge is 2.23. The summed E-state index contributed by atoms with van der Waals surface area (Å²) in [6.07, 6.45) is 1.59. The normalized spacial score (nSPS) is 10.3. The molecule has 3 aromatic rings. The van der Waals surface area contributed by atoms with E-state index in [1.807, 2.05) is 43.3 Å². The molecule has 4 heteroatoms. The summed E-state index contributed by atoms with van der Waals surface area (Å²) in [7, 11) is 0. The first-order chi connectivity index (χ1) is 10.2. The smallest absolute Gasteiger partial charge is 0.289 e. The molecule has 0 bridgehead atoms. The van der Waals surface area contributed by atoms with E-state index in [1.54, 1.807) is 12.3 Å². The third kappa shape index (κ3) is 2.15. The number of nitrogens with one attached hydrogen (secondary N) is 1. The van der Waals surface area contributed by atoms with E-state index < -0.39 is 0 Å². The minimum Gasteiger partial charge on any atom is -0.464 e. The molecule has 2 aromatic heterocycles. The van der Waals surface area contributed by atoms with Crippen LogP contribution < -0.4 is 10.7 Å². The molecule has 0 aliphatic heterocycles. The number of aromatic nitrogens is 1. The van der Waals surface area contributed by atoms with Crippen molar-refractivity contribution in [3.63, 3.8) is 0 Å². The van der Waals surface area contributed by atoms with Crippen LogP contribution >= 0.6 is 0 Å². The van der Waals surface area contributed by atoms with Gasteiger partial charge in [-0.25, -0.2) is 4.98 Å². The van der Waals surface area contributed by atoms with Gasteiger partial charge in [0.25, 0.3) is 5.82 Å². The number of nitrogens with zero attached hydrogens (tertiary/aromatic N) is 1. The lowest BCUT2D eigenvalue weighted by Gasteiger charge is -2.11. The summed E-state index contributed by atoms with van der Waals surface area (Å²) in [4.78, 5) is 3.07. The van der Waals surface area contributed by atoms with Crippen molar-refractivity contribution in [3.8, 4) is 28.5 Å². The van der Waals surface area contributed by atoms with Gasteiger partial charge in [-0.2, -0.15) is 5.26 Å². The van der Waals surface area contributed by atoms with E-state index >= 15 is 0 Å². The number of nitriles is 1. The molecule has 0 atom stereocenters. The standard InChI is InChI=1S/C17H13N3O/c1-11-15(12-6-3-2-4-7-12)16(14-8-5-9-21-14)13(10-18)17(19)20-11/h2-9H,1H3,(H2,19,20)/p+1. The first-order valence-electron chi connectivity index (χ1n) is 6.57. The van der Waals surface area contributed by atoms with E-state index in [0.717, 1.165) is 22.4 Å². The fourth-order valence-corrected chi connectivity index (χ4v) is 2.52. The van der Waals surface area contributed by atoms with Gasteiger partial charge in [-0.05, 0) is 24.6 Å². The van der Waals surface area contributed by atoms with Gasteiger partial charge >= 0.3 is 0 Å². The Bertz CT molecular complexity index is 815. The van der Waals surface area contributed by atoms with Crippen molar-refractivity contribution in [2.45, 2.75) is 6.92 Å². The minimum atomic E-state index is 0.348. The maximum Gasteiger partial charge on any atom is 0.289 e. The van der Waals surface area contributed by atoms with Crippen molar-refractivity contribution in [1.82, 2.24) is 0 Å². The molecule has 1 aromatic carbocycles. The number of pyridine rings is 1. The van der Waals surface area contributed by atoms with E-state index in [4.69, 9.17) is 10.2 Å². The maximum atomic E-state index is 9.47. The highest BCUT2D eigenvalue weighted by molar-refractivity contribution is 5.87. The largest absolute Gasteiger partial charge is 0.464 e. The summed E-state index contributed by atoms with van der Waals surface area (Å²) in [6, 6.07) is 15.7.